The van der Waals surface area contributed by atoms with Gasteiger partial charge in [0, 0.05) is 18.1 Å². The van der Waals surface area contributed by atoms with Gasteiger partial charge in [0.1, 0.15) is 5.82 Å². The van der Waals surface area contributed by atoms with Crippen molar-refractivity contribution in [1.29, 1.82) is 0 Å². The van der Waals surface area contributed by atoms with Gasteiger partial charge < -0.3 is 5.32 Å². The van der Waals surface area contributed by atoms with Crippen molar-refractivity contribution in [3.05, 3.63) is 36.5 Å². The first kappa shape index (κ1) is 10.6. The molecule has 0 amide bonds. The zero-order valence-corrected chi connectivity index (χ0v) is 10.2. The Morgan fingerprint density at radius 1 is 1.24 bits per heavy atom. The van der Waals surface area contributed by atoms with Crippen molar-refractivity contribution in [3.63, 3.8) is 0 Å². The first-order valence-corrected chi connectivity index (χ1v) is 6.35. The van der Waals surface area contributed by atoms with Gasteiger partial charge in [0.2, 0.25) is 0 Å². The molecule has 0 radical (unpaired) electrons. The smallest absolute Gasteiger partial charge is 0.133 e. The van der Waals surface area contributed by atoms with Crippen LogP contribution in [0.1, 0.15) is 26.2 Å². The number of fused-ring (bicyclic) bond motifs is 1. The number of aromatic nitrogens is 1. The van der Waals surface area contributed by atoms with Crippen LogP contribution in [0.4, 0.5) is 5.82 Å². The van der Waals surface area contributed by atoms with Crippen molar-refractivity contribution < 1.29 is 0 Å². The minimum absolute atomic E-state index is 0.485. The number of rotatable bonds is 3. The molecule has 2 nitrogen and oxygen atoms in total. The van der Waals surface area contributed by atoms with Crippen molar-refractivity contribution in [3.8, 4) is 0 Å². The largest absolute Gasteiger partial charge is 0.369 e. The second-order valence-corrected chi connectivity index (χ2v) is 5.40. The van der Waals surface area contributed by atoms with Crippen LogP contribution in [0.5, 0.6) is 0 Å². The lowest BCUT2D eigenvalue weighted by Gasteiger charge is -2.38. The van der Waals surface area contributed by atoms with E-state index in [1.54, 1.807) is 0 Å². The summed E-state index contributed by atoms with van der Waals surface area (Å²) in [6.45, 7) is 3.39. The Labute approximate surface area is 102 Å². The van der Waals surface area contributed by atoms with Crippen LogP contribution >= 0.6 is 0 Å². The van der Waals surface area contributed by atoms with Crippen molar-refractivity contribution in [1.82, 2.24) is 4.98 Å². The molecule has 1 N–H and O–H groups in total. The molecular formula is C15H18N2. The molecule has 88 valence electrons. The van der Waals surface area contributed by atoms with Gasteiger partial charge in [-0.15, -0.1) is 0 Å². The van der Waals surface area contributed by atoms with Gasteiger partial charge in [-0.1, -0.05) is 37.6 Å². The fourth-order valence-corrected chi connectivity index (χ4v) is 2.51. The van der Waals surface area contributed by atoms with E-state index in [4.69, 9.17) is 0 Å². The Morgan fingerprint density at radius 2 is 2.06 bits per heavy atom. The molecule has 0 atom stereocenters. The summed E-state index contributed by atoms with van der Waals surface area (Å²) in [4.78, 5) is 4.46. The van der Waals surface area contributed by atoms with Crippen molar-refractivity contribution >= 4 is 16.6 Å². The van der Waals surface area contributed by atoms with Crippen LogP contribution in [0.2, 0.25) is 0 Å². The van der Waals surface area contributed by atoms with E-state index >= 15 is 0 Å². The van der Waals surface area contributed by atoms with Gasteiger partial charge in [-0.3, -0.25) is 0 Å². The predicted octanol–water partition coefficient (Wildman–Crippen LogP) is 3.84. The summed E-state index contributed by atoms with van der Waals surface area (Å²) in [6.07, 6.45) is 5.93. The molecule has 3 rings (SSSR count). The van der Waals surface area contributed by atoms with Crippen LogP contribution in [0, 0.1) is 5.41 Å². The minimum atomic E-state index is 0.485. The zero-order chi connectivity index (χ0) is 11.7. The normalized spacial score (nSPS) is 17.7. The van der Waals surface area contributed by atoms with Crippen LogP contribution in [0.15, 0.2) is 36.5 Å². The molecule has 0 aliphatic heterocycles. The lowest BCUT2D eigenvalue weighted by atomic mass is 9.70. The number of pyridine rings is 1. The Bertz CT molecular complexity index is 524. The number of nitrogens with zero attached hydrogens (tertiary/aromatic N) is 1. The van der Waals surface area contributed by atoms with E-state index < -0.39 is 0 Å². The van der Waals surface area contributed by atoms with Gasteiger partial charge >= 0.3 is 0 Å². The molecule has 17 heavy (non-hydrogen) atoms. The number of hydrogen-bond acceptors (Lipinski definition) is 2. The molecule has 1 aliphatic rings. The van der Waals surface area contributed by atoms with Crippen molar-refractivity contribution in [2.45, 2.75) is 26.2 Å². The van der Waals surface area contributed by atoms with Crippen molar-refractivity contribution in [2.75, 3.05) is 11.9 Å². The SMILES string of the molecule is CC1(CNc2nccc3ccccc23)CCC1. The first-order chi connectivity index (χ1) is 8.27. The Balaban J connectivity index is 1.85. The van der Waals surface area contributed by atoms with Gasteiger partial charge in [-0.25, -0.2) is 4.98 Å². The number of benzene rings is 1. The fourth-order valence-electron chi connectivity index (χ4n) is 2.51. The Kier molecular flexibility index (Phi) is 2.50. The third kappa shape index (κ3) is 1.99. The monoisotopic (exact) mass is 226 g/mol. The van der Waals surface area contributed by atoms with E-state index in [1.807, 2.05) is 6.20 Å². The highest BCUT2D eigenvalue weighted by Gasteiger charge is 2.31. The highest BCUT2D eigenvalue weighted by molar-refractivity contribution is 5.91. The van der Waals surface area contributed by atoms with E-state index in [9.17, 15) is 0 Å². The third-order valence-corrected chi connectivity index (χ3v) is 3.92. The zero-order valence-electron chi connectivity index (χ0n) is 10.2. The molecule has 1 fully saturated rings. The van der Waals surface area contributed by atoms with E-state index in [2.05, 4.69) is 47.6 Å². The molecule has 1 aromatic carbocycles. The summed E-state index contributed by atoms with van der Waals surface area (Å²) in [5, 5.41) is 5.99. The molecular weight excluding hydrogens is 208 g/mol. The summed E-state index contributed by atoms with van der Waals surface area (Å²) in [5.41, 5.74) is 0.485. The fraction of sp³-hybridized carbons (Fsp3) is 0.400. The second-order valence-electron chi connectivity index (χ2n) is 5.40. The molecule has 2 aromatic rings. The number of anilines is 1. The molecule has 1 heterocycles. The van der Waals surface area contributed by atoms with Crippen LogP contribution in [-0.2, 0) is 0 Å². The summed E-state index contributed by atoms with van der Waals surface area (Å²) < 4.78 is 0. The molecule has 1 aromatic heterocycles. The highest BCUT2D eigenvalue weighted by Crippen LogP contribution is 2.40. The third-order valence-electron chi connectivity index (χ3n) is 3.92. The summed E-state index contributed by atoms with van der Waals surface area (Å²) in [6, 6.07) is 10.5. The summed E-state index contributed by atoms with van der Waals surface area (Å²) in [7, 11) is 0. The summed E-state index contributed by atoms with van der Waals surface area (Å²) in [5.74, 6) is 1.02. The lowest BCUT2D eigenvalue weighted by molar-refractivity contribution is 0.180. The quantitative estimate of drug-likeness (QED) is 0.860. The van der Waals surface area contributed by atoms with Crippen LogP contribution in [0.3, 0.4) is 0 Å². The van der Waals surface area contributed by atoms with Gasteiger partial charge in [0.05, 0.1) is 0 Å². The molecule has 1 saturated carbocycles. The van der Waals surface area contributed by atoms with Gasteiger partial charge in [-0.05, 0) is 29.7 Å². The molecule has 2 heteroatoms. The Hall–Kier alpha value is -1.57. The lowest BCUT2D eigenvalue weighted by Crippen LogP contribution is -2.33. The van der Waals surface area contributed by atoms with E-state index in [-0.39, 0.29) is 0 Å². The van der Waals surface area contributed by atoms with E-state index in [0.717, 1.165) is 12.4 Å². The van der Waals surface area contributed by atoms with E-state index in [0.29, 0.717) is 5.41 Å². The van der Waals surface area contributed by atoms with Crippen LogP contribution < -0.4 is 5.32 Å². The van der Waals surface area contributed by atoms with E-state index in [1.165, 1.54) is 30.0 Å². The first-order valence-electron chi connectivity index (χ1n) is 6.35. The second kappa shape index (κ2) is 4.02. The maximum atomic E-state index is 4.46. The number of hydrogen-bond donors (Lipinski definition) is 1. The maximum absolute atomic E-state index is 4.46. The molecule has 1 aliphatic carbocycles. The van der Waals surface area contributed by atoms with Gasteiger partial charge in [-0.2, -0.15) is 0 Å². The standard InChI is InChI=1S/C15H18N2/c1-15(8-4-9-15)11-17-14-13-6-3-2-5-12(13)7-10-16-14/h2-3,5-7,10H,4,8-9,11H2,1H3,(H,16,17). The molecule has 0 saturated heterocycles. The summed E-state index contributed by atoms with van der Waals surface area (Å²) >= 11 is 0. The highest BCUT2D eigenvalue weighted by atomic mass is 15.0. The van der Waals surface area contributed by atoms with Crippen molar-refractivity contribution in [2.24, 2.45) is 5.41 Å². The Morgan fingerprint density at radius 3 is 2.82 bits per heavy atom. The van der Waals surface area contributed by atoms with Crippen LogP contribution in [-0.4, -0.2) is 11.5 Å². The molecule has 0 bridgehead atoms. The average Bonchev–Trinajstić information content (AvgIpc) is 2.34. The predicted molar refractivity (Wildman–Crippen MR) is 72.2 cm³/mol. The number of nitrogens with one attached hydrogen (secondary N) is 1. The topological polar surface area (TPSA) is 24.9 Å². The minimum Gasteiger partial charge on any atom is -0.369 e. The molecule has 0 unspecified atom stereocenters. The van der Waals surface area contributed by atoms with Crippen LogP contribution in [0.25, 0.3) is 10.8 Å². The van der Waals surface area contributed by atoms with Gasteiger partial charge in [0.15, 0.2) is 0 Å². The maximum Gasteiger partial charge on any atom is 0.133 e. The average molecular weight is 226 g/mol. The van der Waals surface area contributed by atoms with Gasteiger partial charge in [0.25, 0.3) is 0 Å². The molecule has 0 spiro atoms.